The molecule has 1 N–H and O–H groups in total. The van der Waals surface area contributed by atoms with Crippen molar-refractivity contribution < 1.29 is 4.74 Å². The van der Waals surface area contributed by atoms with Gasteiger partial charge in [-0.2, -0.15) is 0 Å². The number of aliphatic imine (C=N–C) groups is 1. The minimum Gasteiger partial charge on any atom is -0.381 e. The van der Waals surface area contributed by atoms with Crippen molar-refractivity contribution in [2.24, 2.45) is 10.9 Å². The van der Waals surface area contributed by atoms with Crippen molar-refractivity contribution in [3.05, 3.63) is 11.1 Å². The van der Waals surface area contributed by atoms with E-state index in [1.807, 2.05) is 0 Å². The Kier molecular flexibility index (Phi) is 9.41. The van der Waals surface area contributed by atoms with Crippen LogP contribution in [-0.2, 0) is 11.2 Å². The number of nitrogens with one attached hydrogen (secondary N) is 1. The van der Waals surface area contributed by atoms with Gasteiger partial charge in [0.2, 0.25) is 0 Å². The number of hydrogen-bond acceptors (Lipinski definition) is 5. The molecule has 0 amide bonds. The number of thiazole rings is 1. The summed E-state index contributed by atoms with van der Waals surface area (Å²) in [5.41, 5.74) is 1.17. The number of rotatable bonds is 7. The lowest BCUT2D eigenvalue weighted by Crippen LogP contribution is -2.41. The maximum absolute atomic E-state index is 5.48. The SMILES string of the molecule is CCNC(=NCCc1csc(N2CCCC2)n1)N(C)CC1CCOC1.I. The number of ether oxygens (including phenoxy) is 1. The summed E-state index contributed by atoms with van der Waals surface area (Å²) in [7, 11) is 2.12. The molecule has 1 aromatic rings. The van der Waals surface area contributed by atoms with E-state index in [4.69, 9.17) is 14.7 Å². The molecule has 2 fully saturated rings. The number of hydrogen-bond donors (Lipinski definition) is 1. The number of aromatic nitrogens is 1. The third-order valence-electron chi connectivity index (χ3n) is 4.80. The first-order valence-corrected chi connectivity index (χ1v) is 10.4. The van der Waals surface area contributed by atoms with Crippen LogP contribution < -0.4 is 10.2 Å². The van der Waals surface area contributed by atoms with Gasteiger partial charge in [0.15, 0.2) is 11.1 Å². The zero-order valence-corrected chi connectivity index (χ0v) is 19.1. The van der Waals surface area contributed by atoms with Crippen LogP contribution in [0.1, 0.15) is 31.9 Å². The number of nitrogens with zero attached hydrogens (tertiary/aromatic N) is 4. The van der Waals surface area contributed by atoms with Gasteiger partial charge >= 0.3 is 0 Å². The molecule has 26 heavy (non-hydrogen) atoms. The fraction of sp³-hybridized carbons (Fsp3) is 0.778. The largest absolute Gasteiger partial charge is 0.381 e. The van der Waals surface area contributed by atoms with E-state index in [2.05, 4.69) is 34.5 Å². The molecular formula is C18H32IN5OS. The van der Waals surface area contributed by atoms with Gasteiger partial charge in [0, 0.05) is 64.1 Å². The van der Waals surface area contributed by atoms with Crippen molar-refractivity contribution in [1.29, 1.82) is 0 Å². The lowest BCUT2D eigenvalue weighted by molar-refractivity contribution is 0.181. The molecule has 6 nitrogen and oxygen atoms in total. The molecule has 0 bridgehead atoms. The molecule has 1 unspecified atom stereocenters. The predicted octanol–water partition coefficient (Wildman–Crippen LogP) is 2.84. The van der Waals surface area contributed by atoms with Gasteiger partial charge in [0.25, 0.3) is 0 Å². The Morgan fingerprint density at radius 1 is 1.46 bits per heavy atom. The zero-order valence-electron chi connectivity index (χ0n) is 15.9. The van der Waals surface area contributed by atoms with E-state index in [1.165, 1.54) is 23.7 Å². The van der Waals surface area contributed by atoms with E-state index < -0.39 is 0 Å². The molecule has 3 heterocycles. The lowest BCUT2D eigenvalue weighted by atomic mass is 10.1. The van der Waals surface area contributed by atoms with Crippen molar-refractivity contribution >= 4 is 46.4 Å². The van der Waals surface area contributed by atoms with Crippen LogP contribution >= 0.6 is 35.3 Å². The highest BCUT2D eigenvalue weighted by molar-refractivity contribution is 14.0. The fourth-order valence-corrected chi connectivity index (χ4v) is 4.33. The van der Waals surface area contributed by atoms with Crippen LogP contribution in [0.3, 0.4) is 0 Å². The Morgan fingerprint density at radius 2 is 2.27 bits per heavy atom. The van der Waals surface area contributed by atoms with E-state index in [0.29, 0.717) is 5.92 Å². The summed E-state index contributed by atoms with van der Waals surface area (Å²) < 4.78 is 5.48. The van der Waals surface area contributed by atoms with Gasteiger partial charge in [-0.25, -0.2) is 4.98 Å². The summed E-state index contributed by atoms with van der Waals surface area (Å²) in [5.74, 6) is 1.61. The molecule has 2 aliphatic rings. The van der Waals surface area contributed by atoms with Crippen molar-refractivity contribution in [3.63, 3.8) is 0 Å². The summed E-state index contributed by atoms with van der Waals surface area (Å²) in [6, 6.07) is 0. The minimum absolute atomic E-state index is 0. The second-order valence-corrected chi connectivity index (χ2v) is 7.75. The van der Waals surface area contributed by atoms with Crippen molar-refractivity contribution in [3.8, 4) is 0 Å². The van der Waals surface area contributed by atoms with E-state index in [0.717, 1.165) is 64.7 Å². The summed E-state index contributed by atoms with van der Waals surface area (Å²) in [5, 5.41) is 6.77. The van der Waals surface area contributed by atoms with Gasteiger partial charge in [-0.1, -0.05) is 0 Å². The summed E-state index contributed by atoms with van der Waals surface area (Å²) in [6.45, 7) is 8.87. The highest BCUT2D eigenvalue weighted by Gasteiger charge is 2.19. The average Bonchev–Trinajstić information content (AvgIpc) is 3.35. The number of anilines is 1. The summed E-state index contributed by atoms with van der Waals surface area (Å²) in [6.07, 6.45) is 4.65. The molecule has 148 valence electrons. The molecule has 3 rings (SSSR count). The van der Waals surface area contributed by atoms with Crippen molar-refractivity contribution in [1.82, 2.24) is 15.2 Å². The van der Waals surface area contributed by atoms with E-state index in [9.17, 15) is 0 Å². The zero-order chi connectivity index (χ0) is 17.5. The number of guanidine groups is 1. The van der Waals surface area contributed by atoms with Crippen LogP contribution in [0, 0.1) is 5.92 Å². The van der Waals surface area contributed by atoms with Crippen LogP contribution in [0.15, 0.2) is 10.4 Å². The van der Waals surface area contributed by atoms with Crippen molar-refractivity contribution in [2.45, 2.75) is 32.6 Å². The standard InChI is InChI=1S/C18H31N5OS.HI/c1-3-19-17(22(2)12-15-7-11-24-13-15)20-8-6-16-14-25-18(21-16)23-9-4-5-10-23;/h14-15H,3-13H2,1-2H3,(H,19,20);1H. The first kappa shape index (κ1) is 21.7. The Bertz CT molecular complexity index is 556. The molecular weight excluding hydrogens is 461 g/mol. The predicted molar refractivity (Wildman–Crippen MR) is 120 cm³/mol. The fourth-order valence-electron chi connectivity index (χ4n) is 3.41. The molecule has 2 aliphatic heterocycles. The Balaban J connectivity index is 0.00000243. The van der Waals surface area contributed by atoms with Gasteiger partial charge in [-0.3, -0.25) is 4.99 Å². The van der Waals surface area contributed by atoms with E-state index in [1.54, 1.807) is 11.3 Å². The highest BCUT2D eigenvalue weighted by atomic mass is 127. The van der Waals surface area contributed by atoms with Crippen molar-refractivity contribution in [2.75, 3.05) is 57.9 Å². The smallest absolute Gasteiger partial charge is 0.193 e. The van der Waals surface area contributed by atoms with Crippen LogP contribution in [0.5, 0.6) is 0 Å². The molecule has 0 radical (unpaired) electrons. The van der Waals surface area contributed by atoms with Gasteiger partial charge < -0.3 is 19.9 Å². The molecule has 2 saturated heterocycles. The van der Waals surface area contributed by atoms with E-state index >= 15 is 0 Å². The number of halogens is 1. The molecule has 8 heteroatoms. The Morgan fingerprint density at radius 3 is 2.96 bits per heavy atom. The van der Waals surface area contributed by atoms with Gasteiger partial charge in [-0.05, 0) is 26.2 Å². The maximum Gasteiger partial charge on any atom is 0.193 e. The molecule has 0 aromatic carbocycles. The van der Waals surface area contributed by atoms with Crippen LogP contribution in [0.2, 0.25) is 0 Å². The second kappa shape index (κ2) is 11.3. The second-order valence-electron chi connectivity index (χ2n) is 6.91. The first-order valence-electron chi connectivity index (χ1n) is 9.52. The van der Waals surface area contributed by atoms with Crippen LogP contribution in [-0.4, -0.2) is 68.8 Å². The quantitative estimate of drug-likeness (QED) is 0.360. The van der Waals surface area contributed by atoms with E-state index in [-0.39, 0.29) is 24.0 Å². The monoisotopic (exact) mass is 493 g/mol. The molecule has 0 spiro atoms. The maximum atomic E-state index is 5.48. The van der Waals surface area contributed by atoms with Gasteiger partial charge in [0.05, 0.1) is 12.3 Å². The summed E-state index contributed by atoms with van der Waals surface area (Å²) >= 11 is 1.77. The topological polar surface area (TPSA) is 53.0 Å². The van der Waals surface area contributed by atoms with Crippen LogP contribution in [0.4, 0.5) is 5.13 Å². The molecule has 0 saturated carbocycles. The normalized spacial score (nSPS) is 20.3. The molecule has 1 aromatic heterocycles. The van der Waals surface area contributed by atoms with Gasteiger partial charge in [0.1, 0.15) is 0 Å². The minimum atomic E-state index is 0. The van der Waals surface area contributed by atoms with Crippen LogP contribution in [0.25, 0.3) is 0 Å². The third kappa shape index (κ3) is 6.23. The first-order chi connectivity index (χ1) is 12.3. The summed E-state index contributed by atoms with van der Waals surface area (Å²) in [4.78, 5) is 14.2. The molecule has 1 atom stereocenters. The third-order valence-corrected chi connectivity index (χ3v) is 5.75. The lowest BCUT2D eigenvalue weighted by Gasteiger charge is -2.24. The Labute approximate surface area is 178 Å². The highest BCUT2D eigenvalue weighted by Crippen LogP contribution is 2.24. The van der Waals surface area contributed by atoms with Gasteiger partial charge in [-0.15, -0.1) is 35.3 Å². The average molecular weight is 493 g/mol. The molecule has 0 aliphatic carbocycles. The Hall–Kier alpha value is -0.610.